The fourth-order valence-corrected chi connectivity index (χ4v) is 5.12. The maximum absolute atomic E-state index is 12.7. The van der Waals surface area contributed by atoms with E-state index in [0.717, 1.165) is 13.0 Å². The van der Waals surface area contributed by atoms with Gasteiger partial charge in [0, 0.05) is 39.3 Å². The molecule has 0 spiro atoms. The number of fused-ring (bicyclic) bond motifs is 1. The van der Waals surface area contributed by atoms with Crippen molar-refractivity contribution in [2.45, 2.75) is 56.3 Å². The Morgan fingerprint density at radius 1 is 1.36 bits per heavy atom. The molecule has 2 saturated carbocycles. The molecule has 2 aliphatic carbocycles. The van der Waals surface area contributed by atoms with Gasteiger partial charge in [-0.2, -0.15) is 10.2 Å². The van der Waals surface area contributed by atoms with Crippen LogP contribution in [-0.2, 0) is 9.53 Å². The van der Waals surface area contributed by atoms with E-state index in [-0.39, 0.29) is 17.7 Å². The Morgan fingerprint density at radius 2 is 2.18 bits per heavy atom. The Labute approximate surface area is 131 Å². The van der Waals surface area contributed by atoms with Crippen LogP contribution in [0.15, 0.2) is 10.2 Å². The maximum atomic E-state index is 12.7. The number of carbonyl (C=O) groups is 1. The molecule has 5 unspecified atom stereocenters. The number of hydrogen-bond acceptors (Lipinski definition) is 4. The van der Waals surface area contributed by atoms with Gasteiger partial charge in [-0.05, 0) is 30.6 Å². The lowest BCUT2D eigenvalue weighted by atomic mass is 9.88. The second-order valence-corrected chi connectivity index (χ2v) is 7.28. The van der Waals surface area contributed by atoms with Crippen LogP contribution in [0, 0.1) is 30.1 Å². The lowest BCUT2D eigenvalue weighted by Gasteiger charge is -2.31. The van der Waals surface area contributed by atoms with Crippen LogP contribution in [0.4, 0.5) is 0 Å². The summed E-state index contributed by atoms with van der Waals surface area (Å²) in [5.41, 5.74) is -0.348. The zero-order valence-corrected chi connectivity index (χ0v) is 13.1. The number of nitrogens with zero attached hydrogens (tertiary/aromatic N) is 3. The van der Waals surface area contributed by atoms with Crippen molar-refractivity contribution in [2.75, 3.05) is 13.7 Å². The summed E-state index contributed by atoms with van der Waals surface area (Å²) in [5.74, 6) is 4.92. The van der Waals surface area contributed by atoms with Crippen molar-refractivity contribution in [3.8, 4) is 12.3 Å². The van der Waals surface area contributed by atoms with Crippen LogP contribution < -0.4 is 0 Å². The van der Waals surface area contributed by atoms with Crippen LogP contribution in [0.1, 0.15) is 38.5 Å². The first-order valence-electron chi connectivity index (χ1n) is 8.37. The van der Waals surface area contributed by atoms with Crippen molar-refractivity contribution in [3.05, 3.63) is 0 Å². The van der Waals surface area contributed by atoms with Gasteiger partial charge in [0.05, 0.1) is 12.1 Å². The number of likely N-dealkylation sites (tertiary alicyclic amines) is 1. The van der Waals surface area contributed by atoms with Gasteiger partial charge in [0.25, 0.3) is 0 Å². The molecular weight excluding hydrogens is 278 g/mol. The third kappa shape index (κ3) is 2.08. The van der Waals surface area contributed by atoms with Crippen molar-refractivity contribution < 1.29 is 9.53 Å². The first-order chi connectivity index (χ1) is 10.7. The summed E-state index contributed by atoms with van der Waals surface area (Å²) >= 11 is 0. The number of hydrogen-bond donors (Lipinski definition) is 0. The number of rotatable bonds is 6. The highest BCUT2D eigenvalue weighted by Gasteiger charge is 2.60. The predicted molar refractivity (Wildman–Crippen MR) is 80.9 cm³/mol. The fraction of sp³-hybridized carbons (Fsp3) is 0.824. The molecule has 5 nitrogen and oxygen atoms in total. The van der Waals surface area contributed by atoms with Crippen molar-refractivity contribution in [1.29, 1.82) is 0 Å². The fourth-order valence-electron chi connectivity index (χ4n) is 5.12. The molecule has 5 atom stereocenters. The third-order valence-electron chi connectivity index (χ3n) is 6.20. The van der Waals surface area contributed by atoms with Crippen LogP contribution in [0.25, 0.3) is 0 Å². The molecule has 4 rings (SSSR count). The molecule has 3 fully saturated rings. The molecule has 22 heavy (non-hydrogen) atoms. The van der Waals surface area contributed by atoms with Crippen molar-refractivity contribution in [3.63, 3.8) is 0 Å². The lowest BCUT2D eigenvalue weighted by Crippen LogP contribution is -2.44. The van der Waals surface area contributed by atoms with E-state index < -0.39 is 0 Å². The topological polar surface area (TPSA) is 54.3 Å². The second-order valence-electron chi connectivity index (χ2n) is 7.28. The average molecular weight is 301 g/mol. The number of ether oxygens (including phenoxy) is 1. The molecule has 2 heterocycles. The summed E-state index contributed by atoms with van der Waals surface area (Å²) in [5, 5.41) is 8.25. The van der Waals surface area contributed by atoms with Crippen molar-refractivity contribution in [1.82, 2.24) is 4.90 Å². The SMILES string of the molecule is C#CCCC1(CCC(=O)N2CC3CC4CC3C2C4OC)N=N1. The van der Waals surface area contributed by atoms with Gasteiger partial charge in [0.1, 0.15) is 0 Å². The molecule has 4 aliphatic rings. The molecule has 1 amide bonds. The molecule has 0 aromatic rings. The second kappa shape index (κ2) is 5.06. The number of amides is 1. The van der Waals surface area contributed by atoms with Gasteiger partial charge in [-0.3, -0.25) is 4.79 Å². The first-order valence-corrected chi connectivity index (χ1v) is 8.37. The summed E-state index contributed by atoms with van der Waals surface area (Å²) < 4.78 is 5.71. The van der Waals surface area contributed by atoms with Gasteiger partial charge in [-0.25, -0.2) is 0 Å². The standard InChI is InChI=1S/C17H23N3O2/c1-3-4-6-17(18-19-17)7-5-14(21)20-10-12-8-11-9-13(12)15(20)16(11)22-2/h1,11-13,15-16H,4-10H2,2H3. The van der Waals surface area contributed by atoms with E-state index in [1.165, 1.54) is 12.8 Å². The van der Waals surface area contributed by atoms with Gasteiger partial charge >= 0.3 is 0 Å². The van der Waals surface area contributed by atoms with Crippen LogP contribution in [0.5, 0.6) is 0 Å². The minimum Gasteiger partial charge on any atom is -0.379 e. The van der Waals surface area contributed by atoms with Crippen LogP contribution in [0.3, 0.4) is 0 Å². The van der Waals surface area contributed by atoms with Crippen LogP contribution in [-0.4, -0.2) is 42.3 Å². The Morgan fingerprint density at radius 3 is 2.86 bits per heavy atom. The Balaban J connectivity index is 1.37. The summed E-state index contributed by atoms with van der Waals surface area (Å²) in [6, 6.07) is 0.316. The smallest absolute Gasteiger partial charge is 0.223 e. The molecule has 2 aliphatic heterocycles. The van der Waals surface area contributed by atoms with Gasteiger partial charge in [-0.15, -0.1) is 12.3 Å². The average Bonchev–Trinajstić information content (AvgIpc) is 2.92. The summed E-state index contributed by atoms with van der Waals surface area (Å²) in [6.07, 6.45) is 10.7. The Hall–Kier alpha value is -1.41. The van der Waals surface area contributed by atoms with E-state index >= 15 is 0 Å². The lowest BCUT2D eigenvalue weighted by molar-refractivity contribution is -0.134. The third-order valence-corrected chi connectivity index (χ3v) is 6.20. The predicted octanol–water partition coefficient (Wildman–Crippen LogP) is 2.22. The largest absolute Gasteiger partial charge is 0.379 e. The highest BCUT2D eigenvalue weighted by atomic mass is 16.5. The maximum Gasteiger partial charge on any atom is 0.223 e. The first kappa shape index (κ1) is 14.2. The van der Waals surface area contributed by atoms with Gasteiger partial charge in [0.2, 0.25) is 5.91 Å². The van der Waals surface area contributed by atoms with E-state index in [1.807, 2.05) is 0 Å². The molecule has 0 aromatic heterocycles. The van der Waals surface area contributed by atoms with E-state index in [0.29, 0.717) is 43.1 Å². The van der Waals surface area contributed by atoms with E-state index in [9.17, 15) is 4.79 Å². The molecule has 0 radical (unpaired) electrons. The monoisotopic (exact) mass is 301 g/mol. The molecule has 0 N–H and O–H groups in total. The normalized spacial score (nSPS) is 39.3. The minimum absolute atomic E-state index is 0.249. The zero-order chi connectivity index (χ0) is 15.3. The van der Waals surface area contributed by atoms with Crippen LogP contribution in [0.2, 0.25) is 0 Å². The Bertz CT molecular complexity index is 545. The van der Waals surface area contributed by atoms with Crippen molar-refractivity contribution >= 4 is 5.91 Å². The molecule has 2 bridgehead atoms. The number of terminal acetylenes is 1. The van der Waals surface area contributed by atoms with E-state index in [1.54, 1.807) is 7.11 Å². The molecule has 1 saturated heterocycles. The van der Waals surface area contributed by atoms with Gasteiger partial charge in [-0.1, -0.05) is 0 Å². The minimum atomic E-state index is -0.348. The highest BCUT2D eigenvalue weighted by molar-refractivity contribution is 5.77. The molecular formula is C17H23N3O2. The van der Waals surface area contributed by atoms with Crippen molar-refractivity contribution in [2.24, 2.45) is 28.0 Å². The highest BCUT2D eigenvalue weighted by Crippen LogP contribution is 2.56. The summed E-state index contributed by atoms with van der Waals surface area (Å²) in [4.78, 5) is 14.8. The van der Waals surface area contributed by atoms with Gasteiger partial charge in [0.15, 0.2) is 5.66 Å². The molecule has 118 valence electrons. The van der Waals surface area contributed by atoms with E-state index in [4.69, 9.17) is 11.2 Å². The number of methoxy groups -OCH3 is 1. The van der Waals surface area contributed by atoms with Crippen LogP contribution >= 0.6 is 0 Å². The molecule has 5 heteroatoms. The summed E-state index contributed by atoms with van der Waals surface area (Å²) in [6.45, 7) is 0.927. The Kier molecular flexibility index (Phi) is 3.26. The summed E-state index contributed by atoms with van der Waals surface area (Å²) in [7, 11) is 1.79. The zero-order valence-electron chi connectivity index (χ0n) is 13.1. The van der Waals surface area contributed by atoms with E-state index in [2.05, 4.69) is 21.0 Å². The molecule has 0 aromatic carbocycles. The quantitative estimate of drug-likeness (QED) is 0.706. The van der Waals surface area contributed by atoms with Gasteiger partial charge < -0.3 is 9.64 Å². The number of carbonyl (C=O) groups excluding carboxylic acids is 1.